The molecule has 1 unspecified atom stereocenters. The fraction of sp³-hybridized carbons (Fsp3) is 0.375. The van der Waals surface area contributed by atoms with Gasteiger partial charge in [-0.1, -0.05) is 75.7 Å². The maximum Gasteiger partial charge on any atom is 0.326 e. The number of carboxylic acid groups (broad SMARTS) is 1. The van der Waals surface area contributed by atoms with Gasteiger partial charge in [-0.2, -0.15) is 0 Å². The second-order valence-electron chi connectivity index (χ2n) is 7.81. The number of carboxylic acids is 1. The van der Waals surface area contributed by atoms with E-state index in [0.717, 1.165) is 29.5 Å². The van der Waals surface area contributed by atoms with Crippen LogP contribution < -0.4 is 5.73 Å². The van der Waals surface area contributed by atoms with Crippen LogP contribution in [-0.2, 0) is 16.1 Å². The second-order valence-corrected chi connectivity index (χ2v) is 7.81. The average Bonchev–Trinajstić information content (AvgIpc) is 2.71. The van der Waals surface area contributed by atoms with Crippen molar-refractivity contribution in [2.24, 2.45) is 11.7 Å². The zero-order valence-electron chi connectivity index (χ0n) is 17.9. The monoisotopic (exact) mass is 409 g/mol. The van der Waals surface area contributed by atoms with Gasteiger partial charge in [0.25, 0.3) is 0 Å². The maximum atomic E-state index is 12.8. The third kappa shape index (κ3) is 5.69. The SMILES string of the molecule is CCCCC(=O)N(Cc1ccc(-c2ccccc2C(=N)N)cc1)C(C(=O)O)C(C)C. The number of hydrogen-bond donors (Lipinski definition) is 3. The molecule has 0 aliphatic carbocycles. The van der Waals surface area contributed by atoms with E-state index in [2.05, 4.69) is 0 Å². The van der Waals surface area contributed by atoms with Crippen LogP contribution in [0.25, 0.3) is 11.1 Å². The molecular formula is C24H31N3O3. The summed E-state index contributed by atoms with van der Waals surface area (Å²) in [5.41, 5.74) is 8.98. The molecule has 0 saturated heterocycles. The van der Waals surface area contributed by atoms with Gasteiger partial charge in [0.2, 0.25) is 5.91 Å². The largest absolute Gasteiger partial charge is 0.480 e. The van der Waals surface area contributed by atoms with Crippen molar-refractivity contribution in [3.63, 3.8) is 0 Å². The standard InChI is InChI=1S/C24H31N3O3/c1-4-5-10-21(28)27(22(16(2)3)24(29)30)15-17-11-13-18(14-12-17)19-8-6-7-9-20(19)23(25)26/h6-9,11-14,16,22H,4-5,10,15H2,1-3H3,(H3,25,26)(H,29,30). The normalized spacial score (nSPS) is 11.9. The summed E-state index contributed by atoms with van der Waals surface area (Å²) in [7, 11) is 0. The molecule has 0 aromatic heterocycles. The summed E-state index contributed by atoms with van der Waals surface area (Å²) >= 11 is 0. The fourth-order valence-corrected chi connectivity index (χ4v) is 3.55. The van der Waals surface area contributed by atoms with Gasteiger partial charge >= 0.3 is 5.97 Å². The number of carbonyl (C=O) groups is 2. The van der Waals surface area contributed by atoms with Crippen molar-refractivity contribution in [2.75, 3.05) is 0 Å². The molecule has 0 fully saturated rings. The molecule has 6 nitrogen and oxygen atoms in total. The number of nitrogens with zero attached hydrogens (tertiary/aromatic N) is 1. The molecule has 2 rings (SSSR count). The van der Waals surface area contributed by atoms with Crippen LogP contribution in [0.1, 0.15) is 51.2 Å². The number of nitrogens with two attached hydrogens (primary N) is 1. The van der Waals surface area contributed by atoms with E-state index in [1.807, 2.05) is 63.2 Å². The molecule has 0 radical (unpaired) electrons. The molecule has 0 aliphatic rings. The number of carbonyl (C=O) groups excluding carboxylic acids is 1. The summed E-state index contributed by atoms with van der Waals surface area (Å²) in [6, 6.07) is 14.2. The van der Waals surface area contributed by atoms with Crippen molar-refractivity contribution in [2.45, 2.75) is 52.6 Å². The van der Waals surface area contributed by atoms with Crippen LogP contribution in [0.15, 0.2) is 48.5 Å². The first-order valence-electron chi connectivity index (χ1n) is 10.3. The summed E-state index contributed by atoms with van der Waals surface area (Å²) in [6.45, 7) is 5.89. The van der Waals surface area contributed by atoms with E-state index in [0.29, 0.717) is 12.0 Å². The van der Waals surface area contributed by atoms with E-state index < -0.39 is 12.0 Å². The Labute approximate surface area is 178 Å². The van der Waals surface area contributed by atoms with E-state index in [9.17, 15) is 14.7 Å². The Hall–Kier alpha value is -3.15. The quantitative estimate of drug-likeness (QED) is 0.402. The number of rotatable bonds is 10. The first kappa shape index (κ1) is 23.1. The van der Waals surface area contributed by atoms with Crippen LogP contribution in [0.5, 0.6) is 0 Å². The van der Waals surface area contributed by atoms with Crippen molar-refractivity contribution < 1.29 is 14.7 Å². The van der Waals surface area contributed by atoms with Gasteiger partial charge in [-0.15, -0.1) is 0 Å². The molecule has 2 aromatic rings. The van der Waals surface area contributed by atoms with Gasteiger partial charge in [0.05, 0.1) is 0 Å². The van der Waals surface area contributed by atoms with E-state index >= 15 is 0 Å². The molecule has 1 amide bonds. The number of unbranched alkanes of at least 4 members (excludes halogenated alkanes) is 1. The van der Waals surface area contributed by atoms with Crippen LogP contribution in [-0.4, -0.2) is 33.8 Å². The van der Waals surface area contributed by atoms with Crippen molar-refractivity contribution in [3.05, 3.63) is 59.7 Å². The lowest BCUT2D eigenvalue weighted by Crippen LogP contribution is -2.47. The number of aliphatic carboxylic acids is 1. The molecule has 4 N–H and O–H groups in total. The van der Waals surface area contributed by atoms with Crippen LogP contribution in [0.3, 0.4) is 0 Å². The first-order chi connectivity index (χ1) is 14.3. The third-order valence-electron chi connectivity index (χ3n) is 5.12. The van der Waals surface area contributed by atoms with Gasteiger partial charge in [-0.05, 0) is 29.0 Å². The third-order valence-corrected chi connectivity index (χ3v) is 5.12. The molecular weight excluding hydrogens is 378 g/mol. The van der Waals surface area contributed by atoms with Crippen molar-refractivity contribution in [3.8, 4) is 11.1 Å². The summed E-state index contributed by atoms with van der Waals surface area (Å²) in [6.07, 6.45) is 1.96. The predicted octanol–water partition coefficient (Wildman–Crippen LogP) is 4.27. The second kappa shape index (κ2) is 10.6. The summed E-state index contributed by atoms with van der Waals surface area (Å²) in [5.74, 6) is -1.32. The Morgan fingerprint density at radius 3 is 2.27 bits per heavy atom. The zero-order chi connectivity index (χ0) is 22.3. The molecule has 0 aliphatic heterocycles. The molecule has 0 spiro atoms. The van der Waals surface area contributed by atoms with E-state index in [-0.39, 0.29) is 24.2 Å². The lowest BCUT2D eigenvalue weighted by Gasteiger charge is -2.32. The maximum absolute atomic E-state index is 12.8. The smallest absolute Gasteiger partial charge is 0.326 e. The first-order valence-corrected chi connectivity index (χ1v) is 10.3. The number of nitrogens with one attached hydrogen (secondary N) is 1. The van der Waals surface area contributed by atoms with Gasteiger partial charge in [0, 0.05) is 18.5 Å². The minimum absolute atomic E-state index is 0.00334. The molecule has 0 heterocycles. The van der Waals surface area contributed by atoms with Gasteiger partial charge in [-0.25, -0.2) is 4.79 Å². The van der Waals surface area contributed by atoms with Crippen LogP contribution >= 0.6 is 0 Å². The topological polar surface area (TPSA) is 107 Å². The van der Waals surface area contributed by atoms with Crippen LogP contribution in [0.2, 0.25) is 0 Å². The molecule has 30 heavy (non-hydrogen) atoms. The number of nitrogen functional groups attached to an aromatic ring is 1. The number of amides is 1. The van der Waals surface area contributed by atoms with E-state index in [4.69, 9.17) is 11.1 Å². The fourth-order valence-electron chi connectivity index (χ4n) is 3.55. The highest BCUT2D eigenvalue weighted by Gasteiger charge is 2.32. The lowest BCUT2D eigenvalue weighted by atomic mass is 9.97. The van der Waals surface area contributed by atoms with Crippen LogP contribution in [0.4, 0.5) is 0 Å². The van der Waals surface area contributed by atoms with Gasteiger partial charge in [0.15, 0.2) is 0 Å². The molecule has 6 heteroatoms. The lowest BCUT2D eigenvalue weighted by molar-refractivity contribution is -0.153. The van der Waals surface area contributed by atoms with Crippen molar-refractivity contribution in [1.29, 1.82) is 5.41 Å². The Balaban J connectivity index is 2.31. The van der Waals surface area contributed by atoms with Crippen molar-refractivity contribution in [1.82, 2.24) is 4.90 Å². The minimum Gasteiger partial charge on any atom is -0.480 e. The summed E-state index contributed by atoms with van der Waals surface area (Å²) in [4.78, 5) is 26.1. The molecule has 0 bridgehead atoms. The van der Waals surface area contributed by atoms with Crippen molar-refractivity contribution >= 4 is 17.7 Å². The van der Waals surface area contributed by atoms with E-state index in [1.165, 1.54) is 4.90 Å². The van der Waals surface area contributed by atoms with Gasteiger partial charge < -0.3 is 15.7 Å². The Bertz CT molecular complexity index is 891. The number of benzene rings is 2. The summed E-state index contributed by atoms with van der Waals surface area (Å²) in [5, 5.41) is 17.5. The predicted molar refractivity (Wildman–Crippen MR) is 119 cm³/mol. The van der Waals surface area contributed by atoms with Gasteiger partial charge in [-0.3, -0.25) is 10.2 Å². The summed E-state index contributed by atoms with van der Waals surface area (Å²) < 4.78 is 0. The average molecular weight is 410 g/mol. The molecule has 160 valence electrons. The van der Waals surface area contributed by atoms with Gasteiger partial charge in [0.1, 0.15) is 11.9 Å². The zero-order valence-corrected chi connectivity index (χ0v) is 17.9. The highest BCUT2D eigenvalue weighted by atomic mass is 16.4. The minimum atomic E-state index is -0.984. The molecule has 1 atom stereocenters. The number of hydrogen-bond acceptors (Lipinski definition) is 3. The molecule has 2 aromatic carbocycles. The Kier molecular flexibility index (Phi) is 8.16. The van der Waals surface area contributed by atoms with Crippen LogP contribution in [0, 0.1) is 11.3 Å². The number of amidine groups is 1. The molecule has 0 saturated carbocycles. The highest BCUT2D eigenvalue weighted by Crippen LogP contribution is 2.25. The Morgan fingerprint density at radius 2 is 1.73 bits per heavy atom. The van der Waals surface area contributed by atoms with E-state index in [1.54, 1.807) is 6.07 Å². The Morgan fingerprint density at radius 1 is 1.10 bits per heavy atom. The highest BCUT2D eigenvalue weighted by molar-refractivity contribution is 6.01.